The predicted octanol–water partition coefficient (Wildman–Crippen LogP) is 3.67. The van der Waals surface area contributed by atoms with Crippen molar-refractivity contribution < 1.29 is 30.6 Å². The van der Waals surface area contributed by atoms with Crippen LogP contribution in [0.3, 0.4) is 0 Å². The molecule has 0 unspecified atom stereocenters. The number of fused-ring (bicyclic) bond motifs is 1. The standard InChI is InChI=1S/C19H22NO2.W/c1-12-11-15-17(13(2)22-18(15)21)16(19(12,3)4)9-8-14-7-5-6-10-20-14;/h5,7-11,13,15-17H,1-4H3;/q-1;/b9-8+;/t13-,15-,16-,17-;/m1./s1. The van der Waals surface area contributed by atoms with E-state index < -0.39 is 0 Å². The fourth-order valence-corrected chi connectivity index (χ4v) is 3.71. The van der Waals surface area contributed by atoms with E-state index in [0.717, 1.165) is 5.69 Å². The van der Waals surface area contributed by atoms with Gasteiger partial charge in [-0.25, -0.2) is 12.1 Å². The quantitative estimate of drug-likeness (QED) is 0.369. The Morgan fingerprint density at radius 3 is 2.78 bits per heavy atom. The van der Waals surface area contributed by atoms with Gasteiger partial charge in [0.1, 0.15) is 6.10 Å². The van der Waals surface area contributed by atoms with Crippen LogP contribution < -0.4 is 0 Å². The van der Waals surface area contributed by atoms with Gasteiger partial charge in [-0.2, -0.15) is 6.07 Å². The van der Waals surface area contributed by atoms with E-state index in [1.807, 2.05) is 25.1 Å². The van der Waals surface area contributed by atoms with Crippen molar-refractivity contribution in [2.75, 3.05) is 0 Å². The Kier molecular flexibility index (Phi) is 5.30. The Labute approximate surface area is 152 Å². The normalized spacial score (nSPS) is 32.0. The number of aromatic nitrogens is 1. The van der Waals surface area contributed by atoms with Crippen LogP contribution in [-0.2, 0) is 30.6 Å². The molecule has 0 amide bonds. The molecule has 2 heterocycles. The van der Waals surface area contributed by atoms with Crippen LogP contribution in [-0.4, -0.2) is 17.1 Å². The van der Waals surface area contributed by atoms with E-state index in [2.05, 4.69) is 44.0 Å². The second-order valence-corrected chi connectivity index (χ2v) is 6.88. The van der Waals surface area contributed by atoms with Gasteiger partial charge in [0.2, 0.25) is 0 Å². The molecular weight excluding hydrogens is 458 g/mol. The van der Waals surface area contributed by atoms with E-state index in [0.29, 0.717) is 0 Å². The Morgan fingerprint density at radius 1 is 1.39 bits per heavy atom. The molecule has 3 nitrogen and oxygen atoms in total. The van der Waals surface area contributed by atoms with Gasteiger partial charge < -0.3 is 4.74 Å². The van der Waals surface area contributed by atoms with Gasteiger partial charge in [-0.3, -0.25) is 9.78 Å². The maximum Gasteiger partial charge on any atom is 0.313 e. The summed E-state index contributed by atoms with van der Waals surface area (Å²) < 4.78 is 5.49. The molecule has 0 bridgehead atoms. The first-order valence-electron chi connectivity index (χ1n) is 7.81. The number of ether oxygens (including phenoxy) is 1. The minimum Gasteiger partial charge on any atom is -0.462 e. The minimum absolute atomic E-state index is 0. The van der Waals surface area contributed by atoms with Gasteiger partial charge in [0.15, 0.2) is 0 Å². The van der Waals surface area contributed by atoms with E-state index >= 15 is 0 Å². The molecule has 2 aliphatic rings. The molecule has 0 N–H and O–H groups in total. The summed E-state index contributed by atoms with van der Waals surface area (Å²) in [6.45, 7) is 8.60. The molecule has 0 spiro atoms. The first-order valence-corrected chi connectivity index (χ1v) is 7.81. The second-order valence-electron chi connectivity index (χ2n) is 6.88. The fourth-order valence-electron chi connectivity index (χ4n) is 3.71. The molecule has 1 aromatic heterocycles. The Hall–Kier alpha value is -1.21. The van der Waals surface area contributed by atoms with Gasteiger partial charge >= 0.3 is 5.97 Å². The van der Waals surface area contributed by atoms with Crippen molar-refractivity contribution in [2.24, 2.45) is 23.2 Å². The molecule has 1 aliphatic heterocycles. The average molecular weight is 480 g/mol. The first-order chi connectivity index (χ1) is 10.4. The first kappa shape index (κ1) is 18.1. The summed E-state index contributed by atoms with van der Waals surface area (Å²) in [5.74, 6) is 0.237. The van der Waals surface area contributed by atoms with Crippen LogP contribution in [0.25, 0.3) is 6.08 Å². The fraction of sp³-hybridized carbons (Fsp3) is 0.474. The van der Waals surface area contributed by atoms with Gasteiger partial charge in [-0.1, -0.05) is 43.8 Å². The number of esters is 1. The molecule has 122 valence electrons. The van der Waals surface area contributed by atoms with Crippen LogP contribution in [0.5, 0.6) is 0 Å². The van der Waals surface area contributed by atoms with Crippen LogP contribution in [0, 0.1) is 29.2 Å². The van der Waals surface area contributed by atoms with Gasteiger partial charge in [0, 0.05) is 27.0 Å². The zero-order valence-corrected chi connectivity index (χ0v) is 16.9. The molecule has 1 saturated heterocycles. The third kappa shape index (κ3) is 3.21. The summed E-state index contributed by atoms with van der Waals surface area (Å²) >= 11 is 0. The topological polar surface area (TPSA) is 39.2 Å². The number of carbonyl (C=O) groups is 1. The van der Waals surface area contributed by atoms with Crippen LogP contribution >= 0.6 is 0 Å². The summed E-state index contributed by atoms with van der Waals surface area (Å²) in [5.41, 5.74) is 2.17. The molecule has 0 aromatic carbocycles. The smallest absolute Gasteiger partial charge is 0.313 e. The second kappa shape index (κ2) is 6.73. The SMILES string of the molecule is CC1=C[C@H]2C(=O)O[C@H](C)[C@H]2[C@@H](/C=C/c2cc[c-]cn2)C1(C)C.[W]. The third-order valence-electron chi connectivity index (χ3n) is 5.34. The molecule has 4 heteroatoms. The number of allylic oxidation sites excluding steroid dienone is 2. The molecule has 1 aromatic rings. The predicted molar refractivity (Wildman–Crippen MR) is 85.7 cm³/mol. The zero-order chi connectivity index (χ0) is 15.9. The summed E-state index contributed by atoms with van der Waals surface area (Å²) in [6.07, 6.45) is 7.98. The van der Waals surface area contributed by atoms with Crippen molar-refractivity contribution >= 4 is 12.0 Å². The van der Waals surface area contributed by atoms with Crippen molar-refractivity contribution in [3.8, 4) is 0 Å². The van der Waals surface area contributed by atoms with Crippen LogP contribution in [0.4, 0.5) is 0 Å². The molecule has 1 aliphatic carbocycles. The summed E-state index contributed by atoms with van der Waals surface area (Å²) in [6, 6.07) is 6.72. The van der Waals surface area contributed by atoms with E-state index in [1.165, 1.54) is 5.57 Å². The third-order valence-corrected chi connectivity index (χ3v) is 5.34. The maximum atomic E-state index is 12.1. The van der Waals surface area contributed by atoms with Crippen molar-refractivity contribution in [2.45, 2.75) is 33.8 Å². The average Bonchev–Trinajstić information content (AvgIpc) is 2.75. The Morgan fingerprint density at radius 2 is 2.13 bits per heavy atom. The van der Waals surface area contributed by atoms with Crippen LogP contribution in [0.15, 0.2) is 36.1 Å². The van der Waals surface area contributed by atoms with Gasteiger partial charge in [0.05, 0.1) is 5.92 Å². The van der Waals surface area contributed by atoms with E-state index in [-0.39, 0.29) is 56.3 Å². The van der Waals surface area contributed by atoms with E-state index in [9.17, 15) is 4.79 Å². The number of carbonyl (C=O) groups excluding carboxylic acids is 1. The molecule has 23 heavy (non-hydrogen) atoms. The van der Waals surface area contributed by atoms with Crippen molar-refractivity contribution in [3.63, 3.8) is 0 Å². The van der Waals surface area contributed by atoms with Gasteiger partial charge in [0.25, 0.3) is 0 Å². The minimum atomic E-state index is -0.116. The Bertz CT molecular complexity index is 636. The van der Waals surface area contributed by atoms with Crippen molar-refractivity contribution in [1.29, 1.82) is 0 Å². The summed E-state index contributed by atoms with van der Waals surface area (Å²) in [7, 11) is 0. The number of cyclic esters (lactones) is 1. The molecule has 4 atom stereocenters. The number of pyridine rings is 1. The largest absolute Gasteiger partial charge is 0.462 e. The van der Waals surface area contributed by atoms with Crippen LogP contribution in [0.1, 0.15) is 33.4 Å². The molecule has 1 fully saturated rings. The number of nitrogens with zero attached hydrogens (tertiary/aromatic N) is 1. The molecular formula is C19H22NO2W-. The van der Waals surface area contributed by atoms with Gasteiger partial charge in [-0.15, -0.1) is 0 Å². The molecule has 3 rings (SSSR count). The number of hydrogen-bond acceptors (Lipinski definition) is 3. The van der Waals surface area contributed by atoms with Crippen molar-refractivity contribution in [3.05, 3.63) is 47.8 Å². The van der Waals surface area contributed by atoms with E-state index in [4.69, 9.17) is 4.74 Å². The molecule has 0 saturated carbocycles. The summed E-state index contributed by atoms with van der Waals surface area (Å²) in [5, 5.41) is 0. The molecule has 0 radical (unpaired) electrons. The van der Waals surface area contributed by atoms with Gasteiger partial charge in [-0.05, 0) is 30.9 Å². The zero-order valence-electron chi connectivity index (χ0n) is 13.9. The monoisotopic (exact) mass is 480 g/mol. The van der Waals surface area contributed by atoms with Crippen molar-refractivity contribution in [1.82, 2.24) is 4.98 Å². The summed E-state index contributed by atoms with van der Waals surface area (Å²) in [4.78, 5) is 16.4. The number of hydrogen-bond donors (Lipinski definition) is 0. The Balaban J connectivity index is 0.00000192. The maximum absolute atomic E-state index is 12.1. The van der Waals surface area contributed by atoms with E-state index in [1.54, 1.807) is 6.20 Å². The van der Waals surface area contributed by atoms with Crippen LogP contribution in [0.2, 0.25) is 0 Å². The number of rotatable bonds is 2.